The molecule has 1 heterocycles. The summed E-state index contributed by atoms with van der Waals surface area (Å²) in [5.41, 5.74) is 1.63. The molecule has 1 atom stereocenters. The molecule has 0 aliphatic carbocycles. The predicted octanol–water partition coefficient (Wildman–Crippen LogP) is 6.43. The number of thioether (sulfide) groups is 1. The third-order valence-corrected chi connectivity index (χ3v) is 7.08. The number of nitrogens with zero attached hydrogens (tertiary/aromatic N) is 1. The van der Waals surface area contributed by atoms with Crippen LogP contribution in [0.15, 0.2) is 64.0 Å². The van der Waals surface area contributed by atoms with Gasteiger partial charge in [0.1, 0.15) is 12.6 Å². The number of hydrogen-bond acceptors (Lipinski definition) is 6. The van der Waals surface area contributed by atoms with Crippen LogP contribution in [0.5, 0.6) is 5.75 Å². The van der Waals surface area contributed by atoms with Crippen LogP contribution in [0.2, 0.25) is 5.02 Å². The van der Waals surface area contributed by atoms with Crippen molar-refractivity contribution in [1.82, 2.24) is 4.90 Å². The Labute approximate surface area is 214 Å². The summed E-state index contributed by atoms with van der Waals surface area (Å²) >= 11 is 10.7. The molecule has 3 aromatic carbocycles. The number of carbonyl (C=O) groups excluding carboxylic acids is 3. The van der Waals surface area contributed by atoms with Gasteiger partial charge in [0.05, 0.1) is 21.5 Å². The fourth-order valence-corrected chi connectivity index (χ4v) is 5.51. The highest BCUT2D eigenvalue weighted by Gasteiger charge is 2.41. The van der Waals surface area contributed by atoms with E-state index in [9.17, 15) is 14.4 Å². The maximum atomic E-state index is 12.7. The first-order valence-electron chi connectivity index (χ1n) is 10.2. The Hall–Kier alpha value is -2.81. The second kappa shape index (κ2) is 10.2. The van der Waals surface area contributed by atoms with Crippen LogP contribution in [0, 0.1) is 0 Å². The normalized spacial score (nSPS) is 15.8. The Morgan fingerprint density at radius 3 is 2.65 bits per heavy atom. The minimum Gasteiger partial charge on any atom is -0.486 e. The van der Waals surface area contributed by atoms with E-state index in [0.29, 0.717) is 27.4 Å². The second-order valence-corrected chi connectivity index (χ2v) is 9.75. The van der Waals surface area contributed by atoms with Gasteiger partial charge in [-0.05, 0) is 74.7 Å². The van der Waals surface area contributed by atoms with Gasteiger partial charge in [0.25, 0.3) is 11.1 Å². The summed E-state index contributed by atoms with van der Waals surface area (Å²) in [7, 11) is 1.21. The molecule has 1 fully saturated rings. The lowest BCUT2D eigenvalue weighted by atomic mass is 10.1. The van der Waals surface area contributed by atoms with Crippen LogP contribution >= 0.6 is 39.3 Å². The molecular weight excluding hydrogens is 542 g/mol. The molecule has 0 bridgehead atoms. The monoisotopic (exact) mass is 559 g/mol. The largest absolute Gasteiger partial charge is 0.486 e. The summed E-state index contributed by atoms with van der Waals surface area (Å²) in [5.74, 6) is -0.752. The fraction of sp³-hybridized carbons (Fsp3) is 0.160. The molecule has 1 aliphatic heterocycles. The molecule has 0 N–H and O–H groups in total. The highest BCUT2D eigenvalue weighted by Crippen LogP contribution is 2.38. The lowest BCUT2D eigenvalue weighted by Gasteiger charge is -2.18. The molecule has 0 aromatic heterocycles. The maximum absolute atomic E-state index is 12.7. The van der Waals surface area contributed by atoms with Crippen LogP contribution in [0.3, 0.4) is 0 Å². The van der Waals surface area contributed by atoms with Gasteiger partial charge in [0.2, 0.25) is 0 Å². The molecule has 9 heteroatoms. The molecule has 0 spiro atoms. The second-order valence-electron chi connectivity index (χ2n) is 7.49. The quantitative estimate of drug-likeness (QED) is 0.255. The Balaban J connectivity index is 1.55. The zero-order valence-electron chi connectivity index (χ0n) is 18.2. The van der Waals surface area contributed by atoms with Gasteiger partial charge in [-0.15, -0.1) is 0 Å². The Bertz CT molecular complexity index is 1310. The van der Waals surface area contributed by atoms with Crippen molar-refractivity contribution >= 4 is 73.3 Å². The molecule has 2 amide bonds. The molecule has 0 saturated carbocycles. The van der Waals surface area contributed by atoms with Crippen molar-refractivity contribution in [3.05, 3.63) is 80.1 Å². The molecule has 174 valence electrons. The summed E-state index contributed by atoms with van der Waals surface area (Å²) in [5, 5.41) is 2.04. The molecule has 4 rings (SSSR count). The number of amides is 2. The van der Waals surface area contributed by atoms with E-state index in [2.05, 4.69) is 20.7 Å². The maximum Gasteiger partial charge on any atom is 0.328 e. The first-order chi connectivity index (χ1) is 16.3. The Morgan fingerprint density at radius 2 is 1.91 bits per heavy atom. The SMILES string of the molecule is COC(=O)[C@H](C)N1C(=O)S/C(=C/c2cc(Cl)c(OCc3cccc4ccccc34)c(Br)c2)C1=O. The van der Waals surface area contributed by atoms with Crippen molar-refractivity contribution in [2.45, 2.75) is 19.6 Å². The number of benzene rings is 3. The van der Waals surface area contributed by atoms with Gasteiger partial charge in [-0.25, -0.2) is 4.79 Å². The van der Waals surface area contributed by atoms with Gasteiger partial charge < -0.3 is 9.47 Å². The number of imide groups is 1. The van der Waals surface area contributed by atoms with Crippen LogP contribution in [0.25, 0.3) is 16.8 Å². The molecule has 3 aromatic rings. The zero-order valence-corrected chi connectivity index (χ0v) is 21.4. The summed E-state index contributed by atoms with van der Waals surface area (Å²) < 4.78 is 11.3. The molecule has 0 radical (unpaired) electrons. The van der Waals surface area contributed by atoms with Gasteiger partial charge in [-0.3, -0.25) is 14.5 Å². The van der Waals surface area contributed by atoms with E-state index in [1.807, 2.05) is 42.5 Å². The third-order valence-electron chi connectivity index (χ3n) is 5.32. The van der Waals surface area contributed by atoms with E-state index in [0.717, 1.165) is 33.0 Å². The van der Waals surface area contributed by atoms with Gasteiger partial charge in [-0.2, -0.15) is 0 Å². The summed E-state index contributed by atoms with van der Waals surface area (Å²) in [6.07, 6.45) is 1.56. The van der Waals surface area contributed by atoms with Crippen LogP contribution in [0.4, 0.5) is 4.79 Å². The number of halogens is 2. The van der Waals surface area contributed by atoms with Crippen LogP contribution < -0.4 is 4.74 Å². The first kappa shape index (κ1) is 24.3. The number of hydrogen-bond donors (Lipinski definition) is 0. The van der Waals surface area contributed by atoms with Crippen LogP contribution in [0.1, 0.15) is 18.1 Å². The average Bonchev–Trinajstić information content (AvgIpc) is 3.10. The molecule has 1 aliphatic rings. The third kappa shape index (κ3) is 4.85. The minimum absolute atomic E-state index is 0.188. The number of esters is 1. The van der Waals surface area contributed by atoms with Crippen molar-refractivity contribution in [2.24, 2.45) is 0 Å². The zero-order chi connectivity index (χ0) is 24.4. The van der Waals surface area contributed by atoms with E-state index >= 15 is 0 Å². The van der Waals surface area contributed by atoms with E-state index in [4.69, 9.17) is 16.3 Å². The first-order valence-corrected chi connectivity index (χ1v) is 12.2. The van der Waals surface area contributed by atoms with Gasteiger partial charge in [-0.1, -0.05) is 54.1 Å². The molecule has 6 nitrogen and oxygen atoms in total. The molecule has 0 unspecified atom stereocenters. The van der Waals surface area contributed by atoms with Crippen molar-refractivity contribution in [3.8, 4) is 5.75 Å². The standard InChI is InChI=1S/C25H19BrClNO5S/c1-14(24(30)32-2)28-23(29)21(34-25(28)31)12-15-10-19(26)22(20(27)11-15)33-13-17-8-5-7-16-6-3-4-9-18(16)17/h3-12,14H,13H2,1-2H3/b21-12+/t14-/m0/s1. The van der Waals surface area contributed by atoms with Crippen molar-refractivity contribution < 1.29 is 23.9 Å². The minimum atomic E-state index is -1.01. The van der Waals surface area contributed by atoms with Gasteiger partial charge >= 0.3 is 5.97 Å². The number of fused-ring (bicyclic) bond motifs is 1. The van der Waals surface area contributed by atoms with Crippen LogP contribution in [-0.4, -0.2) is 35.2 Å². The molecule has 1 saturated heterocycles. The highest BCUT2D eigenvalue weighted by atomic mass is 79.9. The van der Waals surface area contributed by atoms with Gasteiger partial charge in [0, 0.05) is 0 Å². The smallest absolute Gasteiger partial charge is 0.328 e. The Morgan fingerprint density at radius 1 is 1.18 bits per heavy atom. The van der Waals surface area contributed by atoms with Crippen molar-refractivity contribution in [2.75, 3.05) is 7.11 Å². The van der Waals surface area contributed by atoms with E-state index < -0.39 is 23.2 Å². The number of rotatable bonds is 6. The number of ether oxygens (including phenoxy) is 2. The summed E-state index contributed by atoms with van der Waals surface area (Å²) in [4.78, 5) is 37.9. The number of carbonyl (C=O) groups is 3. The molecule has 34 heavy (non-hydrogen) atoms. The van der Waals surface area contributed by atoms with Crippen molar-refractivity contribution in [1.29, 1.82) is 0 Å². The van der Waals surface area contributed by atoms with Crippen molar-refractivity contribution in [3.63, 3.8) is 0 Å². The van der Waals surface area contributed by atoms with E-state index in [1.165, 1.54) is 14.0 Å². The van der Waals surface area contributed by atoms with E-state index in [-0.39, 0.29) is 4.91 Å². The predicted molar refractivity (Wildman–Crippen MR) is 137 cm³/mol. The summed E-state index contributed by atoms with van der Waals surface area (Å²) in [6.45, 7) is 1.77. The van der Waals surface area contributed by atoms with Gasteiger partial charge in [0.15, 0.2) is 5.75 Å². The lowest BCUT2D eigenvalue weighted by Crippen LogP contribution is -2.42. The van der Waals surface area contributed by atoms with E-state index in [1.54, 1.807) is 18.2 Å². The Kier molecular flexibility index (Phi) is 7.30. The average molecular weight is 561 g/mol. The van der Waals surface area contributed by atoms with Crippen LogP contribution in [-0.2, 0) is 20.9 Å². The number of methoxy groups -OCH3 is 1. The topological polar surface area (TPSA) is 72.9 Å². The highest BCUT2D eigenvalue weighted by molar-refractivity contribution is 9.10. The molecular formula is C25H19BrClNO5S. The summed E-state index contributed by atoms with van der Waals surface area (Å²) in [6, 6.07) is 16.5. The fourth-order valence-electron chi connectivity index (χ4n) is 3.61. The lowest BCUT2D eigenvalue weighted by molar-refractivity contribution is -0.148.